The number of H-pyrrole nitrogens is 2. The molecule has 7 rings (SSSR count). The van der Waals surface area contributed by atoms with Crippen LogP contribution in [0.3, 0.4) is 0 Å². The summed E-state index contributed by atoms with van der Waals surface area (Å²) in [5.74, 6) is 0. The lowest BCUT2D eigenvalue weighted by Gasteiger charge is -2.04. The number of aromatic amines is 2. The summed E-state index contributed by atoms with van der Waals surface area (Å²) in [5, 5.41) is 17.3. The van der Waals surface area contributed by atoms with Crippen LogP contribution in [0.25, 0.3) is 62.2 Å². The number of hydrogen-bond acceptors (Lipinski definition) is 7. The molecule has 0 amide bonds. The number of nitrogens with zero attached hydrogens (tertiary/aromatic N) is 2. The first-order chi connectivity index (χ1) is 24.1. The van der Waals surface area contributed by atoms with E-state index in [1.165, 1.54) is 89.3 Å². The zero-order valence-electron chi connectivity index (χ0n) is 27.7. The van der Waals surface area contributed by atoms with Crippen molar-refractivity contribution < 1.29 is 0 Å². The Labute approximate surface area is 297 Å². The number of aromatic nitrogens is 4. The predicted octanol–water partition coefficient (Wildman–Crippen LogP) is 11.5. The highest BCUT2D eigenvalue weighted by Gasteiger charge is 2.19. The summed E-state index contributed by atoms with van der Waals surface area (Å²) in [6.07, 6.45) is 14.2. The summed E-state index contributed by atoms with van der Waals surface area (Å²) in [6.45, 7) is 2.27. The number of rotatable bonds is 15. The SMILES string of the molecule is CCCCCCCCCCCCc1cc(-c2ccc(-c3n[nH]c(=O)c4ccccc34)s2)sc1-c1ccc(-c2n[nH]c(=O)c3ccccc23)s1. The molecule has 5 aromatic heterocycles. The van der Waals surface area contributed by atoms with Crippen molar-refractivity contribution in [2.24, 2.45) is 0 Å². The van der Waals surface area contributed by atoms with Crippen LogP contribution >= 0.6 is 34.0 Å². The Balaban J connectivity index is 1.15. The highest BCUT2D eigenvalue weighted by atomic mass is 32.1. The van der Waals surface area contributed by atoms with Crippen LogP contribution in [0, 0.1) is 0 Å². The number of benzene rings is 2. The fourth-order valence-electron chi connectivity index (χ4n) is 6.54. The Morgan fingerprint density at radius 3 is 1.55 bits per heavy atom. The average Bonchev–Trinajstić information content (AvgIpc) is 3.90. The second-order valence-electron chi connectivity index (χ2n) is 12.6. The van der Waals surface area contributed by atoms with Crippen LogP contribution in [0.5, 0.6) is 0 Å². The highest BCUT2D eigenvalue weighted by molar-refractivity contribution is 7.28. The standard InChI is InChI=1S/C40H40N4O2S3/c1-2-3-4-5-6-7-8-9-10-11-16-26-25-35(31-21-22-32(47-31)36-27-17-12-14-19-29(27)39(45)43-41-36)49-38(26)34-24-23-33(48-34)37-28-18-13-15-20-30(28)40(46)44-42-37/h12-15,17-25H,2-11,16H2,1H3,(H,43,45)(H,44,46). The molecule has 2 N–H and O–H groups in total. The Morgan fingerprint density at radius 2 is 0.980 bits per heavy atom. The zero-order chi connectivity index (χ0) is 33.6. The van der Waals surface area contributed by atoms with E-state index in [9.17, 15) is 9.59 Å². The van der Waals surface area contributed by atoms with Gasteiger partial charge in [-0.15, -0.1) is 34.0 Å². The summed E-state index contributed by atoms with van der Waals surface area (Å²) in [6, 6.07) is 26.3. The lowest BCUT2D eigenvalue weighted by molar-refractivity contribution is 0.556. The first-order valence-corrected chi connectivity index (χ1v) is 19.8. The summed E-state index contributed by atoms with van der Waals surface area (Å²) in [5.41, 5.74) is 2.66. The zero-order valence-corrected chi connectivity index (χ0v) is 30.2. The molecular weight excluding hydrogens is 665 g/mol. The number of fused-ring (bicyclic) bond motifs is 2. The molecule has 0 atom stereocenters. The van der Waals surface area contributed by atoms with Gasteiger partial charge in [-0.25, -0.2) is 10.2 Å². The monoisotopic (exact) mass is 704 g/mol. The molecule has 0 aliphatic carbocycles. The van der Waals surface area contributed by atoms with E-state index in [-0.39, 0.29) is 11.1 Å². The first-order valence-electron chi connectivity index (χ1n) is 17.4. The molecule has 7 aromatic rings. The maximum absolute atomic E-state index is 12.4. The van der Waals surface area contributed by atoms with E-state index >= 15 is 0 Å². The molecule has 0 saturated heterocycles. The number of hydrogen-bond donors (Lipinski definition) is 2. The van der Waals surface area contributed by atoms with Crippen molar-refractivity contribution in [1.29, 1.82) is 0 Å². The molecule has 49 heavy (non-hydrogen) atoms. The maximum atomic E-state index is 12.4. The second kappa shape index (κ2) is 15.6. The molecule has 0 aliphatic heterocycles. The van der Waals surface area contributed by atoms with E-state index in [1.807, 2.05) is 59.9 Å². The lowest BCUT2D eigenvalue weighted by Crippen LogP contribution is -2.08. The number of nitrogens with one attached hydrogen (secondary N) is 2. The molecule has 250 valence electrons. The minimum atomic E-state index is -0.170. The Kier molecular flexibility index (Phi) is 10.6. The number of unbranched alkanes of at least 4 members (excludes halogenated alkanes) is 9. The van der Waals surface area contributed by atoms with Crippen molar-refractivity contribution in [3.05, 3.63) is 105 Å². The van der Waals surface area contributed by atoms with Crippen molar-refractivity contribution >= 4 is 55.6 Å². The summed E-state index contributed by atoms with van der Waals surface area (Å²) < 4.78 is 0. The van der Waals surface area contributed by atoms with Gasteiger partial charge in [0.1, 0.15) is 11.4 Å². The van der Waals surface area contributed by atoms with Gasteiger partial charge < -0.3 is 0 Å². The molecule has 0 spiro atoms. The quantitative estimate of drug-likeness (QED) is 0.104. The van der Waals surface area contributed by atoms with E-state index in [4.69, 9.17) is 0 Å². The molecule has 6 nitrogen and oxygen atoms in total. The molecule has 0 fully saturated rings. The van der Waals surface area contributed by atoms with Gasteiger partial charge in [-0.1, -0.05) is 101 Å². The largest absolute Gasteiger partial charge is 0.272 e. The molecular formula is C40H40N4O2S3. The Bertz CT molecular complexity index is 2310. The van der Waals surface area contributed by atoms with Crippen LogP contribution in [0.4, 0.5) is 0 Å². The van der Waals surface area contributed by atoms with E-state index in [0.29, 0.717) is 10.8 Å². The summed E-state index contributed by atoms with van der Waals surface area (Å²) in [7, 11) is 0. The fourth-order valence-corrected chi connectivity index (χ4v) is 9.99. The van der Waals surface area contributed by atoms with E-state index in [0.717, 1.165) is 38.3 Å². The smallest absolute Gasteiger partial charge is 0.267 e. The highest BCUT2D eigenvalue weighted by Crippen LogP contribution is 2.46. The minimum absolute atomic E-state index is 0.168. The topological polar surface area (TPSA) is 91.5 Å². The molecule has 5 heterocycles. The summed E-state index contributed by atoms with van der Waals surface area (Å²) >= 11 is 5.28. The third-order valence-electron chi connectivity index (χ3n) is 9.15. The van der Waals surface area contributed by atoms with Gasteiger partial charge in [0.25, 0.3) is 11.1 Å². The van der Waals surface area contributed by atoms with Crippen molar-refractivity contribution in [1.82, 2.24) is 20.4 Å². The molecule has 0 saturated carbocycles. The molecule has 0 bridgehead atoms. The minimum Gasteiger partial charge on any atom is -0.267 e. The molecule has 9 heteroatoms. The third-order valence-corrected chi connectivity index (χ3v) is 12.9. The van der Waals surface area contributed by atoms with E-state index in [2.05, 4.69) is 57.7 Å². The second-order valence-corrected chi connectivity index (χ2v) is 15.8. The maximum Gasteiger partial charge on any atom is 0.272 e. The van der Waals surface area contributed by atoms with Crippen LogP contribution in [0.15, 0.2) is 88.5 Å². The fraction of sp³-hybridized carbons (Fsp3) is 0.300. The van der Waals surface area contributed by atoms with Gasteiger partial charge in [0, 0.05) is 30.3 Å². The van der Waals surface area contributed by atoms with Crippen LogP contribution in [0.2, 0.25) is 0 Å². The Hall–Kier alpha value is -4.18. The van der Waals surface area contributed by atoms with Crippen LogP contribution in [-0.4, -0.2) is 20.4 Å². The molecule has 0 aliphatic rings. The van der Waals surface area contributed by atoms with Crippen LogP contribution in [0.1, 0.15) is 76.7 Å². The van der Waals surface area contributed by atoms with Crippen molar-refractivity contribution in [3.8, 4) is 40.7 Å². The van der Waals surface area contributed by atoms with Crippen LogP contribution < -0.4 is 11.1 Å². The van der Waals surface area contributed by atoms with E-state index < -0.39 is 0 Å². The lowest BCUT2D eigenvalue weighted by atomic mass is 10.0. The van der Waals surface area contributed by atoms with Gasteiger partial charge in [0.05, 0.1) is 20.5 Å². The van der Waals surface area contributed by atoms with Crippen LogP contribution in [-0.2, 0) is 6.42 Å². The van der Waals surface area contributed by atoms with Gasteiger partial charge in [0.15, 0.2) is 0 Å². The van der Waals surface area contributed by atoms with Crippen molar-refractivity contribution in [2.45, 2.75) is 77.6 Å². The van der Waals surface area contributed by atoms with Crippen molar-refractivity contribution in [2.75, 3.05) is 0 Å². The van der Waals surface area contributed by atoms with Gasteiger partial charge in [0.2, 0.25) is 0 Å². The average molecular weight is 705 g/mol. The van der Waals surface area contributed by atoms with E-state index in [1.54, 1.807) is 22.7 Å². The van der Waals surface area contributed by atoms with Gasteiger partial charge >= 0.3 is 0 Å². The van der Waals surface area contributed by atoms with Gasteiger partial charge in [-0.3, -0.25) is 9.59 Å². The van der Waals surface area contributed by atoms with Gasteiger partial charge in [-0.05, 0) is 60.9 Å². The first kappa shape index (κ1) is 33.3. The van der Waals surface area contributed by atoms with Crippen molar-refractivity contribution in [3.63, 3.8) is 0 Å². The normalized spacial score (nSPS) is 11.6. The number of aryl methyl sites for hydroxylation is 1. The summed E-state index contributed by atoms with van der Waals surface area (Å²) in [4.78, 5) is 31.9. The molecule has 2 aromatic carbocycles. The molecule has 0 unspecified atom stereocenters. The Morgan fingerprint density at radius 1 is 0.510 bits per heavy atom. The number of thiophene rings is 3. The molecule has 0 radical (unpaired) electrons. The van der Waals surface area contributed by atoms with Gasteiger partial charge in [-0.2, -0.15) is 10.2 Å². The predicted molar refractivity (Wildman–Crippen MR) is 209 cm³/mol. The third kappa shape index (κ3) is 7.39.